The van der Waals surface area contributed by atoms with Crippen LogP contribution in [0.2, 0.25) is 0 Å². The van der Waals surface area contributed by atoms with Crippen LogP contribution in [0, 0.1) is 28.6 Å². The molecule has 2 saturated carbocycles. The molecule has 0 aromatic heterocycles. The Hall–Kier alpha value is -1.22. The van der Waals surface area contributed by atoms with Crippen LogP contribution in [0.3, 0.4) is 0 Å². The highest BCUT2D eigenvalue weighted by atomic mass is 16.3. The second kappa shape index (κ2) is 5.39. The summed E-state index contributed by atoms with van der Waals surface area (Å²) in [5.74, 6) is 2.03. The molecule has 24 heavy (non-hydrogen) atoms. The second-order valence-corrected chi connectivity index (χ2v) is 8.86. The highest BCUT2D eigenvalue weighted by Crippen LogP contribution is 2.65. The molecule has 0 heterocycles. The van der Waals surface area contributed by atoms with E-state index in [0.29, 0.717) is 30.0 Å². The summed E-state index contributed by atoms with van der Waals surface area (Å²) in [5.41, 5.74) is 2.41. The Balaban J connectivity index is 1.66. The van der Waals surface area contributed by atoms with Gasteiger partial charge in [-0.1, -0.05) is 25.5 Å². The third-order valence-corrected chi connectivity index (χ3v) is 7.99. The van der Waals surface area contributed by atoms with Gasteiger partial charge in [-0.25, -0.2) is 0 Å². The molecular formula is C21H28O3. The van der Waals surface area contributed by atoms with Gasteiger partial charge in [0, 0.05) is 6.42 Å². The summed E-state index contributed by atoms with van der Waals surface area (Å²) in [5, 5.41) is 9.32. The molecule has 0 spiro atoms. The number of Topliss-reactive ketones (excluding diaryl/α,β-unsaturated/α-hetero) is 1. The van der Waals surface area contributed by atoms with Gasteiger partial charge in [-0.15, -0.1) is 0 Å². The minimum atomic E-state index is -0.366. The summed E-state index contributed by atoms with van der Waals surface area (Å²) in [7, 11) is 0. The maximum Gasteiger partial charge on any atom is 0.184 e. The molecule has 0 aliphatic heterocycles. The monoisotopic (exact) mass is 328 g/mol. The Morgan fingerprint density at radius 2 is 1.96 bits per heavy atom. The van der Waals surface area contributed by atoms with Gasteiger partial charge in [0.15, 0.2) is 11.6 Å². The van der Waals surface area contributed by atoms with Gasteiger partial charge in [-0.3, -0.25) is 9.59 Å². The maximum absolute atomic E-state index is 12.2. The highest BCUT2D eigenvalue weighted by molar-refractivity contribution is 5.98. The lowest BCUT2D eigenvalue weighted by Crippen LogP contribution is -2.50. The summed E-state index contributed by atoms with van der Waals surface area (Å²) in [6.45, 7) is 4.26. The van der Waals surface area contributed by atoms with Crippen LogP contribution in [0.25, 0.3) is 0 Å². The lowest BCUT2D eigenvalue weighted by Gasteiger charge is -2.57. The first-order valence-electron chi connectivity index (χ1n) is 9.49. The van der Waals surface area contributed by atoms with Crippen LogP contribution >= 0.6 is 0 Å². The van der Waals surface area contributed by atoms with E-state index < -0.39 is 0 Å². The molecule has 2 fully saturated rings. The number of ketones is 2. The van der Waals surface area contributed by atoms with Crippen molar-refractivity contribution in [2.45, 2.75) is 58.8 Å². The molecule has 130 valence electrons. The number of allylic oxidation sites excluding steroid dienone is 3. The van der Waals surface area contributed by atoms with Gasteiger partial charge in [0.2, 0.25) is 0 Å². The van der Waals surface area contributed by atoms with E-state index in [1.54, 1.807) is 0 Å². The van der Waals surface area contributed by atoms with Crippen LogP contribution in [0.15, 0.2) is 23.3 Å². The van der Waals surface area contributed by atoms with Gasteiger partial charge in [-0.2, -0.15) is 0 Å². The molecule has 3 nitrogen and oxygen atoms in total. The smallest absolute Gasteiger partial charge is 0.184 e. The molecular weight excluding hydrogens is 300 g/mol. The van der Waals surface area contributed by atoms with Gasteiger partial charge in [0.1, 0.15) is 6.61 Å². The molecule has 0 radical (unpaired) electrons. The first kappa shape index (κ1) is 16.3. The number of hydrogen-bond acceptors (Lipinski definition) is 3. The van der Waals surface area contributed by atoms with Gasteiger partial charge in [0.05, 0.1) is 0 Å². The first-order valence-corrected chi connectivity index (χ1v) is 9.49. The summed E-state index contributed by atoms with van der Waals surface area (Å²) in [6, 6.07) is 0. The van der Waals surface area contributed by atoms with Crippen molar-refractivity contribution in [1.82, 2.24) is 0 Å². The Morgan fingerprint density at radius 1 is 1.17 bits per heavy atom. The third-order valence-electron chi connectivity index (χ3n) is 7.99. The van der Waals surface area contributed by atoms with E-state index in [1.165, 1.54) is 5.57 Å². The van der Waals surface area contributed by atoms with E-state index in [9.17, 15) is 14.7 Å². The number of fused-ring (bicyclic) bond motifs is 5. The molecule has 4 rings (SSSR count). The summed E-state index contributed by atoms with van der Waals surface area (Å²) in [4.78, 5) is 24.1. The van der Waals surface area contributed by atoms with Crippen LogP contribution in [0.1, 0.15) is 58.8 Å². The number of carbonyl (C=O) groups excluding carboxylic acids is 2. The fourth-order valence-electron chi connectivity index (χ4n) is 6.64. The summed E-state index contributed by atoms with van der Waals surface area (Å²) < 4.78 is 0. The van der Waals surface area contributed by atoms with Crippen molar-refractivity contribution in [2.75, 3.05) is 6.61 Å². The fourth-order valence-corrected chi connectivity index (χ4v) is 6.64. The Bertz CT molecular complexity index is 658. The van der Waals surface area contributed by atoms with E-state index in [2.05, 4.69) is 19.9 Å². The molecule has 2 unspecified atom stereocenters. The van der Waals surface area contributed by atoms with Crippen molar-refractivity contribution in [1.29, 1.82) is 0 Å². The molecule has 5 atom stereocenters. The maximum atomic E-state index is 12.2. The van der Waals surface area contributed by atoms with Gasteiger partial charge in [0.25, 0.3) is 0 Å². The number of aliphatic hydroxyl groups is 1. The Labute approximate surface area is 144 Å². The van der Waals surface area contributed by atoms with Crippen LogP contribution < -0.4 is 0 Å². The quantitative estimate of drug-likeness (QED) is 0.842. The summed E-state index contributed by atoms with van der Waals surface area (Å²) in [6.07, 6.45) is 11.1. The van der Waals surface area contributed by atoms with E-state index in [0.717, 1.165) is 44.1 Å². The molecule has 1 N–H and O–H groups in total. The zero-order chi connectivity index (χ0) is 17.1. The van der Waals surface area contributed by atoms with Crippen molar-refractivity contribution in [3.8, 4) is 0 Å². The molecule has 4 aliphatic carbocycles. The molecule has 0 aromatic carbocycles. The van der Waals surface area contributed by atoms with Gasteiger partial charge >= 0.3 is 0 Å². The second-order valence-electron chi connectivity index (χ2n) is 8.86. The first-order chi connectivity index (χ1) is 11.4. The van der Waals surface area contributed by atoms with E-state index in [4.69, 9.17) is 0 Å². The molecule has 0 bridgehead atoms. The average Bonchev–Trinajstić information content (AvgIpc) is 2.92. The zero-order valence-corrected chi connectivity index (χ0v) is 14.8. The van der Waals surface area contributed by atoms with Crippen LogP contribution in [-0.4, -0.2) is 23.3 Å². The van der Waals surface area contributed by atoms with Crippen molar-refractivity contribution in [3.63, 3.8) is 0 Å². The van der Waals surface area contributed by atoms with Gasteiger partial charge in [-0.05, 0) is 78.8 Å². The lowest BCUT2D eigenvalue weighted by molar-refractivity contribution is -0.121. The number of carbonyl (C=O) groups is 2. The van der Waals surface area contributed by atoms with Crippen LogP contribution in [-0.2, 0) is 9.59 Å². The Morgan fingerprint density at radius 3 is 2.71 bits per heavy atom. The van der Waals surface area contributed by atoms with Crippen molar-refractivity contribution in [2.24, 2.45) is 28.6 Å². The third kappa shape index (κ3) is 2.06. The Kier molecular flexibility index (Phi) is 3.65. The number of hydrogen-bond donors (Lipinski definition) is 1. The molecule has 0 amide bonds. The van der Waals surface area contributed by atoms with E-state index >= 15 is 0 Å². The standard InChI is InChI=1S/C21H28O3/c1-20-9-7-14(23)11-13(20)3-4-15-16-5-6-18(19(24)12-22)21(16,2)10-8-17(15)20/h6,11,15-17,22H,3-5,7-10,12H2,1-2H3/t15-,16?,17?,20-,21-/m0/s1. The SMILES string of the molecule is C[C@]12CCC(=O)C=C1CC[C@@H]1C2CC[C@]2(C)C(C(=O)CO)=CCC12. The molecule has 0 saturated heterocycles. The van der Waals surface area contributed by atoms with Crippen molar-refractivity contribution in [3.05, 3.63) is 23.3 Å². The van der Waals surface area contributed by atoms with E-state index in [-0.39, 0.29) is 23.2 Å². The minimum absolute atomic E-state index is 0.0525. The molecule has 3 heteroatoms. The van der Waals surface area contributed by atoms with Crippen LogP contribution in [0.5, 0.6) is 0 Å². The predicted molar refractivity (Wildman–Crippen MR) is 92.3 cm³/mol. The number of aliphatic hydroxyl groups excluding tert-OH is 1. The zero-order valence-electron chi connectivity index (χ0n) is 14.8. The lowest BCUT2D eigenvalue weighted by atomic mass is 9.47. The minimum Gasteiger partial charge on any atom is -0.388 e. The predicted octanol–water partition coefficient (Wildman–Crippen LogP) is 3.62. The van der Waals surface area contributed by atoms with Crippen molar-refractivity contribution >= 4 is 11.6 Å². The molecule has 0 aromatic rings. The fraction of sp³-hybridized carbons (Fsp3) is 0.714. The average molecular weight is 328 g/mol. The summed E-state index contributed by atoms with van der Waals surface area (Å²) >= 11 is 0. The van der Waals surface area contributed by atoms with Crippen LogP contribution in [0.4, 0.5) is 0 Å². The normalized spacial score (nSPS) is 44.1. The van der Waals surface area contributed by atoms with E-state index in [1.807, 2.05) is 6.08 Å². The highest BCUT2D eigenvalue weighted by Gasteiger charge is 2.57. The van der Waals surface area contributed by atoms with Crippen molar-refractivity contribution < 1.29 is 14.7 Å². The molecule has 4 aliphatic rings. The number of rotatable bonds is 2. The van der Waals surface area contributed by atoms with Gasteiger partial charge < -0.3 is 5.11 Å². The topological polar surface area (TPSA) is 54.4 Å². The largest absolute Gasteiger partial charge is 0.388 e.